The Balaban J connectivity index is 2.07. The molecule has 0 saturated heterocycles. The number of nitrogens with two attached hydrogens (primary N) is 1. The molecule has 0 fully saturated rings. The molecule has 18 heavy (non-hydrogen) atoms. The van der Waals surface area contributed by atoms with Crippen LogP contribution in [0.5, 0.6) is 0 Å². The lowest BCUT2D eigenvalue weighted by atomic mass is 10.2. The van der Waals surface area contributed by atoms with Crippen LogP contribution in [-0.2, 0) is 0 Å². The van der Waals surface area contributed by atoms with Gasteiger partial charge in [-0.25, -0.2) is 0 Å². The lowest BCUT2D eigenvalue weighted by molar-refractivity contribution is 0.921. The summed E-state index contributed by atoms with van der Waals surface area (Å²) in [6.45, 7) is 2.04. The van der Waals surface area contributed by atoms with Crippen LogP contribution in [0.3, 0.4) is 0 Å². The van der Waals surface area contributed by atoms with Crippen LogP contribution >= 0.6 is 11.8 Å². The van der Waals surface area contributed by atoms with Gasteiger partial charge in [0, 0.05) is 16.8 Å². The average Bonchev–Trinajstić information content (AvgIpc) is 2.77. The van der Waals surface area contributed by atoms with E-state index in [1.165, 1.54) is 0 Å². The molecule has 0 radical (unpaired) electrons. The molecule has 0 saturated carbocycles. The first-order valence-corrected chi connectivity index (χ1v) is 6.40. The van der Waals surface area contributed by atoms with Gasteiger partial charge in [-0.05, 0) is 42.4 Å². The first kappa shape index (κ1) is 11.1. The van der Waals surface area contributed by atoms with Gasteiger partial charge in [-0.1, -0.05) is 18.2 Å². The van der Waals surface area contributed by atoms with Gasteiger partial charge in [0.15, 0.2) is 5.65 Å². The van der Waals surface area contributed by atoms with E-state index in [9.17, 15) is 0 Å². The Morgan fingerprint density at radius 3 is 2.83 bits per heavy atom. The van der Waals surface area contributed by atoms with Gasteiger partial charge in [0.1, 0.15) is 0 Å². The van der Waals surface area contributed by atoms with Crippen molar-refractivity contribution in [2.75, 3.05) is 5.73 Å². The van der Waals surface area contributed by atoms with E-state index in [1.54, 1.807) is 11.8 Å². The fraction of sp³-hybridized carbons (Fsp3) is 0.0769. The normalized spacial score (nSPS) is 10.9. The van der Waals surface area contributed by atoms with Gasteiger partial charge in [-0.3, -0.25) is 4.40 Å². The van der Waals surface area contributed by atoms with E-state index < -0.39 is 0 Å². The van der Waals surface area contributed by atoms with E-state index in [-0.39, 0.29) is 0 Å². The summed E-state index contributed by atoms with van der Waals surface area (Å²) in [6.07, 6.45) is 1.95. The molecule has 0 aliphatic heterocycles. The first-order valence-electron chi connectivity index (χ1n) is 5.58. The number of aromatic nitrogens is 3. The SMILES string of the molecule is Cc1cccc(N)c1Sc1nnc2ccccn12. The summed E-state index contributed by atoms with van der Waals surface area (Å²) in [5.74, 6) is 0. The molecule has 0 spiro atoms. The minimum absolute atomic E-state index is 0.771. The molecule has 3 rings (SSSR count). The standard InChI is InChI=1S/C13H12N4S/c1-9-5-4-6-10(14)12(9)18-13-16-15-11-7-2-3-8-17(11)13/h2-8H,14H2,1H3. The fourth-order valence-electron chi connectivity index (χ4n) is 1.79. The predicted octanol–water partition coefficient (Wildman–Crippen LogP) is 2.77. The van der Waals surface area contributed by atoms with Gasteiger partial charge in [0.05, 0.1) is 0 Å². The summed E-state index contributed by atoms with van der Waals surface area (Å²) in [5, 5.41) is 9.14. The maximum absolute atomic E-state index is 6.00. The third kappa shape index (κ3) is 1.82. The Morgan fingerprint density at radius 2 is 2.00 bits per heavy atom. The molecule has 0 atom stereocenters. The Morgan fingerprint density at radius 1 is 1.11 bits per heavy atom. The predicted molar refractivity (Wildman–Crippen MR) is 72.7 cm³/mol. The van der Waals surface area contributed by atoms with Crippen LogP contribution in [0.25, 0.3) is 5.65 Å². The molecule has 2 aromatic heterocycles. The topological polar surface area (TPSA) is 56.2 Å². The van der Waals surface area contributed by atoms with Crippen molar-refractivity contribution in [3.05, 3.63) is 48.2 Å². The highest BCUT2D eigenvalue weighted by Gasteiger charge is 2.10. The van der Waals surface area contributed by atoms with Crippen molar-refractivity contribution in [3.63, 3.8) is 0 Å². The molecule has 0 aliphatic carbocycles. The molecular formula is C13H12N4S. The summed E-state index contributed by atoms with van der Waals surface area (Å²) in [5.41, 5.74) is 8.76. The number of hydrogen-bond acceptors (Lipinski definition) is 4. The highest BCUT2D eigenvalue weighted by atomic mass is 32.2. The number of benzene rings is 1. The third-order valence-corrected chi connectivity index (χ3v) is 3.94. The zero-order valence-corrected chi connectivity index (χ0v) is 10.7. The van der Waals surface area contributed by atoms with Crippen LogP contribution in [0.15, 0.2) is 52.6 Å². The third-order valence-electron chi connectivity index (χ3n) is 2.72. The molecule has 1 aromatic carbocycles. The van der Waals surface area contributed by atoms with Crippen LogP contribution in [0, 0.1) is 6.92 Å². The molecule has 0 bridgehead atoms. The summed E-state index contributed by atoms with van der Waals surface area (Å²) in [4.78, 5) is 1.04. The summed E-state index contributed by atoms with van der Waals surface area (Å²) < 4.78 is 1.95. The maximum Gasteiger partial charge on any atom is 0.200 e. The van der Waals surface area contributed by atoms with Crippen LogP contribution in [0.2, 0.25) is 0 Å². The van der Waals surface area contributed by atoms with E-state index >= 15 is 0 Å². The van der Waals surface area contributed by atoms with Crippen molar-refractivity contribution >= 4 is 23.1 Å². The Bertz CT molecular complexity index is 685. The monoisotopic (exact) mass is 256 g/mol. The fourth-order valence-corrected chi connectivity index (χ4v) is 2.73. The molecule has 2 heterocycles. The van der Waals surface area contributed by atoms with Gasteiger partial charge in [0.2, 0.25) is 5.16 Å². The minimum Gasteiger partial charge on any atom is -0.398 e. The molecule has 4 nitrogen and oxygen atoms in total. The summed E-state index contributed by atoms with van der Waals surface area (Å²) in [7, 11) is 0. The largest absolute Gasteiger partial charge is 0.398 e. The van der Waals surface area contributed by atoms with E-state index in [0.29, 0.717) is 0 Å². The molecule has 0 unspecified atom stereocenters. The zero-order valence-electron chi connectivity index (χ0n) is 9.87. The van der Waals surface area contributed by atoms with E-state index in [2.05, 4.69) is 10.2 Å². The van der Waals surface area contributed by atoms with E-state index in [0.717, 1.165) is 26.9 Å². The zero-order chi connectivity index (χ0) is 12.5. The smallest absolute Gasteiger partial charge is 0.200 e. The van der Waals surface area contributed by atoms with Crippen molar-refractivity contribution in [1.29, 1.82) is 0 Å². The molecule has 2 N–H and O–H groups in total. The van der Waals surface area contributed by atoms with Gasteiger partial charge in [-0.2, -0.15) is 0 Å². The van der Waals surface area contributed by atoms with Crippen LogP contribution in [-0.4, -0.2) is 14.6 Å². The molecule has 0 aliphatic rings. The number of anilines is 1. The van der Waals surface area contributed by atoms with Crippen molar-refractivity contribution in [2.45, 2.75) is 17.0 Å². The Hall–Kier alpha value is -2.01. The van der Waals surface area contributed by atoms with Crippen molar-refractivity contribution < 1.29 is 0 Å². The van der Waals surface area contributed by atoms with Crippen molar-refractivity contribution in [1.82, 2.24) is 14.6 Å². The van der Waals surface area contributed by atoms with Gasteiger partial charge in [0.25, 0.3) is 0 Å². The molecule has 90 valence electrons. The number of aryl methyl sites for hydroxylation is 1. The summed E-state index contributed by atoms with van der Waals surface area (Å²) >= 11 is 1.54. The molecule has 0 amide bonds. The van der Waals surface area contributed by atoms with Crippen molar-refractivity contribution in [2.24, 2.45) is 0 Å². The minimum atomic E-state index is 0.771. The van der Waals surface area contributed by atoms with Crippen LogP contribution in [0.1, 0.15) is 5.56 Å². The number of fused-ring (bicyclic) bond motifs is 1. The Kier molecular flexibility index (Phi) is 2.68. The number of nitrogen functional groups attached to an aromatic ring is 1. The number of pyridine rings is 1. The molecule has 5 heteroatoms. The molecular weight excluding hydrogens is 244 g/mol. The van der Waals surface area contributed by atoms with E-state index in [4.69, 9.17) is 5.73 Å². The lowest BCUT2D eigenvalue weighted by Gasteiger charge is -2.07. The van der Waals surface area contributed by atoms with Crippen LogP contribution in [0.4, 0.5) is 5.69 Å². The second-order valence-corrected chi connectivity index (χ2v) is 4.98. The highest BCUT2D eigenvalue weighted by Crippen LogP contribution is 2.33. The number of rotatable bonds is 2. The second-order valence-electron chi connectivity index (χ2n) is 4.01. The van der Waals surface area contributed by atoms with Gasteiger partial charge in [-0.15, -0.1) is 10.2 Å². The van der Waals surface area contributed by atoms with Crippen molar-refractivity contribution in [3.8, 4) is 0 Å². The highest BCUT2D eigenvalue weighted by molar-refractivity contribution is 7.99. The first-order chi connectivity index (χ1) is 8.75. The maximum atomic E-state index is 6.00. The second kappa shape index (κ2) is 4.34. The number of nitrogens with zero attached hydrogens (tertiary/aromatic N) is 3. The van der Waals surface area contributed by atoms with Gasteiger partial charge < -0.3 is 5.73 Å². The van der Waals surface area contributed by atoms with E-state index in [1.807, 2.05) is 53.9 Å². The lowest BCUT2D eigenvalue weighted by Crippen LogP contribution is -1.92. The molecule has 3 aromatic rings. The van der Waals surface area contributed by atoms with Gasteiger partial charge >= 0.3 is 0 Å². The average molecular weight is 256 g/mol. The summed E-state index contributed by atoms with van der Waals surface area (Å²) in [6, 6.07) is 11.7. The quantitative estimate of drug-likeness (QED) is 0.716. The number of hydrogen-bond donors (Lipinski definition) is 1. The Labute approximate surface area is 109 Å². The van der Waals surface area contributed by atoms with Crippen LogP contribution < -0.4 is 5.73 Å².